The van der Waals surface area contributed by atoms with E-state index < -0.39 is 11.7 Å². The molecular weight excluding hydrogens is 262 g/mol. The van der Waals surface area contributed by atoms with E-state index in [2.05, 4.69) is 10.3 Å². The Morgan fingerprint density at radius 1 is 1.53 bits per heavy atom. The molecule has 0 aliphatic heterocycles. The minimum atomic E-state index is -0.506. The highest BCUT2D eigenvalue weighted by Crippen LogP contribution is 2.24. The summed E-state index contributed by atoms with van der Waals surface area (Å²) in [5.74, 6) is 0. The number of ether oxygens (including phenoxy) is 1. The van der Waals surface area contributed by atoms with Crippen LogP contribution in [0.5, 0.6) is 0 Å². The van der Waals surface area contributed by atoms with Crippen LogP contribution < -0.4 is 11.1 Å². The first-order chi connectivity index (χ1) is 8.67. The lowest BCUT2D eigenvalue weighted by Crippen LogP contribution is -2.27. The number of nitrogens with one attached hydrogen (secondary N) is 1. The van der Waals surface area contributed by atoms with Gasteiger partial charge in [0.2, 0.25) is 0 Å². The van der Waals surface area contributed by atoms with E-state index in [1.807, 2.05) is 34.6 Å². The highest BCUT2D eigenvalue weighted by atomic mass is 32.1. The molecule has 3 N–H and O–H groups in total. The summed E-state index contributed by atoms with van der Waals surface area (Å²) in [5.41, 5.74) is 6.18. The van der Waals surface area contributed by atoms with Crippen molar-refractivity contribution in [2.24, 2.45) is 5.73 Å². The number of carbonyl (C=O) groups excluding carboxylic acids is 1. The summed E-state index contributed by atoms with van der Waals surface area (Å²) in [6.45, 7) is 9.40. The summed E-state index contributed by atoms with van der Waals surface area (Å²) in [7, 11) is 0. The van der Waals surface area contributed by atoms with Crippen LogP contribution in [0.2, 0.25) is 0 Å². The Hall–Kier alpha value is -1.14. The van der Waals surface area contributed by atoms with Gasteiger partial charge in [-0.2, -0.15) is 0 Å². The van der Waals surface area contributed by atoms with E-state index >= 15 is 0 Å². The van der Waals surface area contributed by atoms with Crippen molar-refractivity contribution in [3.63, 3.8) is 0 Å². The van der Waals surface area contributed by atoms with E-state index in [4.69, 9.17) is 10.5 Å². The monoisotopic (exact) mass is 285 g/mol. The number of amides is 1. The van der Waals surface area contributed by atoms with Crippen LogP contribution in [0.15, 0.2) is 0 Å². The molecule has 108 valence electrons. The van der Waals surface area contributed by atoms with E-state index in [1.165, 1.54) is 11.3 Å². The highest BCUT2D eigenvalue weighted by molar-refractivity contribution is 7.15. The number of nitrogens with two attached hydrogens (primary N) is 1. The Bertz CT molecular complexity index is 436. The maximum Gasteiger partial charge on any atom is 0.413 e. The summed E-state index contributed by atoms with van der Waals surface area (Å²) >= 11 is 1.48. The molecule has 0 aliphatic rings. The average molecular weight is 285 g/mol. The third kappa shape index (κ3) is 6.02. The van der Waals surface area contributed by atoms with Gasteiger partial charge in [0.25, 0.3) is 0 Å². The van der Waals surface area contributed by atoms with Gasteiger partial charge in [-0.15, -0.1) is 11.3 Å². The van der Waals surface area contributed by atoms with Gasteiger partial charge < -0.3 is 10.5 Å². The van der Waals surface area contributed by atoms with Crippen LogP contribution in [0.4, 0.5) is 9.93 Å². The first-order valence-corrected chi connectivity index (χ1v) is 7.21. The Kier molecular flexibility index (Phi) is 5.31. The van der Waals surface area contributed by atoms with E-state index in [-0.39, 0.29) is 6.04 Å². The number of carbonyl (C=O) groups is 1. The van der Waals surface area contributed by atoms with Crippen molar-refractivity contribution in [3.05, 3.63) is 10.6 Å². The maximum absolute atomic E-state index is 11.6. The summed E-state index contributed by atoms with van der Waals surface area (Å²) in [6, 6.07) is 0.170. The van der Waals surface area contributed by atoms with Crippen molar-refractivity contribution in [2.45, 2.75) is 59.1 Å². The minimum Gasteiger partial charge on any atom is -0.444 e. The number of anilines is 1. The van der Waals surface area contributed by atoms with Crippen molar-refractivity contribution in [1.82, 2.24) is 4.98 Å². The van der Waals surface area contributed by atoms with Crippen molar-refractivity contribution >= 4 is 22.6 Å². The fourth-order valence-corrected chi connectivity index (χ4v) is 2.43. The Labute approximate surface area is 118 Å². The minimum absolute atomic E-state index is 0.170. The Morgan fingerprint density at radius 3 is 2.68 bits per heavy atom. The summed E-state index contributed by atoms with van der Waals surface area (Å²) in [4.78, 5) is 17.1. The molecule has 1 aromatic rings. The molecule has 1 amide bonds. The molecule has 0 radical (unpaired) electrons. The fourth-order valence-electron chi connectivity index (χ4n) is 1.46. The summed E-state index contributed by atoms with van der Waals surface area (Å²) in [5, 5.41) is 3.24. The van der Waals surface area contributed by atoms with Gasteiger partial charge in [0.05, 0.1) is 5.69 Å². The number of rotatable bonds is 4. The first kappa shape index (κ1) is 15.9. The van der Waals surface area contributed by atoms with Gasteiger partial charge in [-0.05, 0) is 47.5 Å². The normalized spacial score (nSPS) is 13.2. The van der Waals surface area contributed by atoms with Crippen molar-refractivity contribution in [2.75, 3.05) is 5.32 Å². The summed E-state index contributed by atoms with van der Waals surface area (Å²) < 4.78 is 5.19. The second-order valence-corrected chi connectivity index (χ2v) is 6.75. The SMILES string of the molecule is Cc1nc(NC(=O)OC(C)(C)C)sc1CC[C@@H](C)N. The van der Waals surface area contributed by atoms with Crippen LogP contribution >= 0.6 is 11.3 Å². The van der Waals surface area contributed by atoms with Gasteiger partial charge in [-0.3, -0.25) is 5.32 Å². The number of hydrogen-bond donors (Lipinski definition) is 2. The second-order valence-electron chi connectivity index (χ2n) is 5.67. The number of thiazole rings is 1. The number of nitrogens with zero attached hydrogens (tertiary/aromatic N) is 1. The van der Waals surface area contributed by atoms with Gasteiger partial charge in [-0.1, -0.05) is 0 Å². The first-order valence-electron chi connectivity index (χ1n) is 6.39. The second kappa shape index (κ2) is 6.34. The Balaban J connectivity index is 2.60. The van der Waals surface area contributed by atoms with Crippen LogP contribution in [0, 0.1) is 6.92 Å². The molecule has 0 unspecified atom stereocenters. The fraction of sp³-hybridized carbons (Fsp3) is 0.692. The van der Waals surface area contributed by atoms with Crippen LogP contribution in [-0.4, -0.2) is 22.7 Å². The van der Waals surface area contributed by atoms with E-state index in [0.717, 1.165) is 23.4 Å². The largest absolute Gasteiger partial charge is 0.444 e. The zero-order chi connectivity index (χ0) is 14.6. The topological polar surface area (TPSA) is 77.2 Å². The third-order valence-electron chi connectivity index (χ3n) is 2.33. The average Bonchev–Trinajstić information content (AvgIpc) is 2.52. The predicted molar refractivity (Wildman–Crippen MR) is 78.7 cm³/mol. The molecule has 1 aromatic heterocycles. The molecular formula is C13H23N3O2S. The van der Waals surface area contributed by atoms with Crippen molar-refractivity contribution in [1.29, 1.82) is 0 Å². The van der Waals surface area contributed by atoms with Crippen LogP contribution in [0.25, 0.3) is 0 Å². The lowest BCUT2D eigenvalue weighted by molar-refractivity contribution is 0.0636. The third-order valence-corrected chi connectivity index (χ3v) is 3.46. The molecule has 1 rings (SSSR count). The smallest absolute Gasteiger partial charge is 0.413 e. The van der Waals surface area contributed by atoms with Gasteiger partial charge in [0.1, 0.15) is 5.60 Å². The van der Waals surface area contributed by atoms with Gasteiger partial charge in [0, 0.05) is 10.9 Å². The predicted octanol–water partition coefficient (Wildman–Crippen LogP) is 3.08. The van der Waals surface area contributed by atoms with Crippen molar-refractivity contribution in [3.8, 4) is 0 Å². The molecule has 1 heterocycles. The lowest BCUT2D eigenvalue weighted by Gasteiger charge is -2.18. The molecule has 0 aliphatic carbocycles. The molecule has 0 spiro atoms. The van der Waals surface area contributed by atoms with Gasteiger partial charge in [0.15, 0.2) is 5.13 Å². The van der Waals surface area contributed by atoms with Crippen molar-refractivity contribution < 1.29 is 9.53 Å². The van der Waals surface area contributed by atoms with E-state index in [0.29, 0.717) is 5.13 Å². The van der Waals surface area contributed by atoms with E-state index in [1.54, 1.807) is 0 Å². The molecule has 0 saturated carbocycles. The summed E-state index contributed by atoms with van der Waals surface area (Å²) in [6.07, 6.45) is 1.33. The Morgan fingerprint density at radius 2 is 2.16 bits per heavy atom. The molecule has 0 aromatic carbocycles. The molecule has 19 heavy (non-hydrogen) atoms. The quantitative estimate of drug-likeness (QED) is 0.891. The molecule has 0 bridgehead atoms. The van der Waals surface area contributed by atoms with Crippen LogP contribution in [0.1, 0.15) is 44.7 Å². The molecule has 1 atom stereocenters. The zero-order valence-corrected chi connectivity index (χ0v) is 13.1. The molecule has 0 saturated heterocycles. The van der Waals surface area contributed by atoms with Gasteiger partial charge in [-0.25, -0.2) is 9.78 Å². The zero-order valence-electron chi connectivity index (χ0n) is 12.2. The number of hydrogen-bond acceptors (Lipinski definition) is 5. The number of aromatic nitrogens is 1. The maximum atomic E-state index is 11.6. The number of aryl methyl sites for hydroxylation is 2. The van der Waals surface area contributed by atoms with Gasteiger partial charge >= 0.3 is 6.09 Å². The van der Waals surface area contributed by atoms with Crippen LogP contribution in [-0.2, 0) is 11.2 Å². The molecule has 6 heteroatoms. The molecule has 0 fully saturated rings. The standard InChI is InChI=1S/C13H23N3O2S/c1-8(14)6-7-10-9(2)15-11(19-10)16-12(17)18-13(3,4)5/h8H,6-7,14H2,1-5H3,(H,15,16,17)/t8-/m1/s1. The van der Waals surface area contributed by atoms with Crippen LogP contribution in [0.3, 0.4) is 0 Å². The lowest BCUT2D eigenvalue weighted by atomic mass is 10.1. The highest BCUT2D eigenvalue weighted by Gasteiger charge is 2.18. The van der Waals surface area contributed by atoms with E-state index in [9.17, 15) is 4.79 Å². The molecule has 5 nitrogen and oxygen atoms in total.